The average molecular weight is 313 g/mol. The van der Waals surface area contributed by atoms with E-state index >= 15 is 0 Å². The van der Waals surface area contributed by atoms with E-state index < -0.39 is 7.12 Å². The van der Waals surface area contributed by atoms with E-state index in [1.165, 1.54) is 0 Å². The largest absolute Gasteiger partial charge is 0.494 e. The van der Waals surface area contributed by atoms with Crippen molar-refractivity contribution in [3.8, 4) is 11.6 Å². The van der Waals surface area contributed by atoms with Gasteiger partial charge in [0.1, 0.15) is 5.69 Å². The van der Waals surface area contributed by atoms with E-state index in [9.17, 15) is 0 Å². The van der Waals surface area contributed by atoms with Gasteiger partial charge in [-0.2, -0.15) is 4.98 Å². The fourth-order valence-electron chi connectivity index (χ4n) is 2.54. The van der Waals surface area contributed by atoms with E-state index in [0.717, 1.165) is 24.1 Å². The maximum atomic E-state index is 6.08. The molecule has 0 atom stereocenters. The lowest BCUT2D eigenvalue weighted by molar-refractivity contribution is 0.00578. The van der Waals surface area contributed by atoms with Crippen molar-refractivity contribution in [2.75, 3.05) is 0 Å². The highest BCUT2D eigenvalue weighted by molar-refractivity contribution is 6.62. The molecule has 1 saturated carbocycles. The molecule has 23 heavy (non-hydrogen) atoms. The maximum Gasteiger partial charge on any atom is 0.494 e. The Labute approximate surface area is 135 Å². The highest BCUT2D eigenvalue weighted by Crippen LogP contribution is 2.39. The van der Waals surface area contributed by atoms with Gasteiger partial charge in [-0.15, -0.1) is 0 Å². The zero-order chi connectivity index (χ0) is 16.2. The quantitative estimate of drug-likeness (QED) is 0.810. The second kappa shape index (κ2) is 4.88. The molecule has 0 spiro atoms. The van der Waals surface area contributed by atoms with Crippen LogP contribution >= 0.6 is 0 Å². The molecule has 0 bridgehead atoms. The minimum Gasteiger partial charge on any atom is -0.399 e. The monoisotopic (exact) mass is 313 g/mol. The van der Waals surface area contributed by atoms with Crippen LogP contribution in [0.3, 0.4) is 0 Å². The number of hydrogen-bond acceptors (Lipinski definition) is 6. The average Bonchev–Trinajstić information content (AvgIpc) is 3.18. The normalized spacial score (nSPS) is 22.5. The molecule has 0 N–H and O–H groups in total. The second-order valence-corrected chi connectivity index (χ2v) is 7.29. The summed E-state index contributed by atoms with van der Waals surface area (Å²) < 4.78 is 17.5. The molecule has 0 unspecified atom stereocenters. The third-order valence-electron chi connectivity index (χ3n) is 4.91. The van der Waals surface area contributed by atoms with Gasteiger partial charge >= 0.3 is 7.12 Å². The lowest BCUT2D eigenvalue weighted by atomic mass is 9.79. The summed E-state index contributed by atoms with van der Waals surface area (Å²) in [4.78, 5) is 8.78. The molecule has 1 aliphatic carbocycles. The van der Waals surface area contributed by atoms with Crippen molar-refractivity contribution < 1.29 is 13.8 Å². The Hall–Kier alpha value is -1.73. The van der Waals surface area contributed by atoms with Gasteiger partial charge in [0.2, 0.25) is 0 Å². The lowest BCUT2D eigenvalue weighted by Gasteiger charge is -2.32. The molecule has 120 valence electrons. The van der Waals surface area contributed by atoms with Crippen LogP contribution in [0.2, 0.25) is 0 Å². The van der Waals surface area contributed by atoms with Crippen LogP contribution in [-0.4, -0.2) is 33.4 Å². The molecular weight excluding hydrogens is 293 g/mol. The van der Waals surface area contributed by atoms with Crippen molar-refractivity contribution in [1.82, 2.24) is 15.1 Å². The summed E-state index contributed by atoms with van der Waals surface area (Å²) in [6, 6.07) is 3.79. The molecule has 2 aromatic rings. The summed E-state index contributed by atoms with van der Waals surface area (Å²) >= 11 is 0. The number of hydrogen-bond donors (Lipinski definition) is 0. The molecule has 4 rings (SSSR count). The molecule has 2 aliphatic rings. The molecule has 0 amide bonds. The summed E-state index contributed by atoms with van der Waals surface area (Å²) in [5.74, 6) is 1.69. The Morgan fingerprint density at radius 3 is 2.48 bits per heavy atom. The maximum absolute atomic E-state index is 6.08. The van der Waals surface area contributed by atoms with E-state index in [4.69, 9.17) is 13.8 Å². The van der Waals surface area contributed by atoms with E-state index in [1.807, 2.05) is 39.8 Å². The van der Waals surface area contributed by atoms with Crippen molar-refractivity contribution >= 4 is 12.6 Å². The van der Waals surface area contributed by atoms with E-state index in [-0.39, 0.29) is 11.2 Å². The van der Waals surface area contributed by atoms with Gasteiger partial charge in [-0.05, 0) is 58.1 Å². The van der Waals surface area contributed by atoms with Crippen molar-refractivity contribution in [1.29, 1.82) is 0 Å². The van der Waals surface area contributed by atoms with Crippen LogP contribution in [0.15, 0.2) is 22.9 Å². The van der Waals surface area contributed by atoms with Gasteiger partial charge in [-0.25, -0.2) is 0 Å². The molecule has 0 radical (unpaired) electrons. The first-order chi connectivity index (χ1) is 10.9. The highest BCUT2D eigenvalue weighted by atomic mass is 16.7. The number of nitrogens with zero attached hydrogens (tertiary/aromatic N) is 3. The van der Waals surface area contributed by atoms with Crippen LogP contribution in [0.1, 0.15) is 52.3 Å². The standard InChI is InChI=1S/C16H20BN3O3/c1-15(2)16(3,4)23-17(22-15)11-7-8-18-12(9-11)14-19-13(20-21-14)10-5-6-10/h7-10H,5-6H2,1-4H3. The first kappa shape index (κ1) is 14.8. The Morgan fingerprint density at radius 1 is 1.13 bits per heavy atom. The zero-order valence-electron chi connectivity index (χ0n) is 13.9. The molecular formula is C16H20BN3O3. The number of aromatic nitrogens is 3. The molecule has 1 saturated heterocycles. The van der Waals surface area contributed by atoms with Gasteiger partial charge < -0.3 is 13.8 Å². The van der Waals surface area contributed by atoms with Crippen molar-refractivity contribution in [3.63, 3.8) is 0 Å². The SMILES string of the molecule is CC1(C)OB(c2ccnc(-c3nc(C4CC4)no3)c2)OC1(C)C. The summed E-state index contributed by atoms with van der Waals surface area (Å²) in [5.41, 5.74) is 0.812. The highest BCUT2D eigenvalue weighted by Gasteiger charge is 2.51. The Bertz CT molecular complexity index is 724. The second-order valence-electron chi connectivity index (χ2n) is 7.29. The summed E-state index contributed by atoms with van der Waals surface area (Å²) in [6.07, 6.45) is 4.00. The van der Waals surface area contributed by atoms with Crippen molar-refractivity contribution in [2.45, 2.75) is 57.7 Å². The first-order valence-corrected chi connectivity index (χ1v) is 8.01. The van der Waals surface area contributed by atoms with Crippen LogP contribution in [0, 0.1) is 0 Å². The van der Waals surface area contributed by atoms with Crippen LogP contribution < -0.4 is 5.46 Å². The third-order valence-corrected chi connectivity index (χ3v) is 4.91. The van der Waals surface area contributed by atoms with Crippen LogP contribution in [0.4, 0.5) is 0 Å². The van der Waals surface area contributed by atoms with Gasteiger partial charge in [-0.1, -0.05) is 5.16 Å². The van der Waals surface area contributed by atoms with Gasteiger partial charge in [0.05, 0.1) is 11.2 Å². The zero-order valence-corrected chi connectivity index (χ0v) is 13.9. The van der Waals surface area contributed by atoms with Crippen LogP contribution in [0.25, 0.3) is 11.6 Å². The topological polar surface area (TPSA) is 70.3 Å². The van der Waals surface area contributed by atoms with E-state index in [2.05, 4.69) is 15.1 Å². The molecule has 6 nitrogen and oxygen atoms in total. The van der Waals surface area contributed by atoms with Crippen molar-refractivity contribution in [3.05, 3.63) is 24.2 Å². The summed E-state index contributed by atoms with van der Waals surface area (Å²) in [5, 5.41) is 4.04. The fraction of sp³-hybridized carbons (Fsp3) is 0.562. The molecule has 1 aliphatic heterocycles. The first-order valence-electron chi connectivity index (χ1n) is 8.01. The van der Waals surface area contributed by atoms with Crippen molar-refractivity contribution in [2.24, 2.45) is 0 Å². The number of rotatable bonds is 3. The summed E-state index contributed by atoms with van der Waals surface area (Å²) in [7, 11) is -0.424. The third kappa shape index (κ3) is 2.58. The molecule has 2 fully saturated rings. The van der Waals surface area contributed by atoms with Gasteiger partial charge in [0.15, 0.2) is 5.82 Å². The van der Waals surface area contributed by atoms with Crippen LogP contribution in [-0.2, 0) is 9.31 Å². The molecule has 3 heterocycles. The van der Waals surface area contributed by atoms with E-state index in [1.54, 1.807) is 6.20 Å². The van der Waals surface area contributed by atoms with Gasteiger partial charge in [-0.3, -0.25) is 4.98 Å². The van der Waals surface area contributed by atoms with E-state index in [0.29, 0.717) is 17.5 Å². The Balaban J connectivity index is 1.61. The minimum absolute atomic E-state index is 0.370. The molecule has 2 aromatic heterocycles. The smallest absolute Gasteiger partial charge is 0.399 e. The van der Waals surface area contributed by atoms with Gasteiger partial charge in [0.25, 0.3) is 5.89 Å². The molecule has 0 aromatic carbocycles. The lowest BCUT2D eigenvalue weighted by Crippen LogP contribution is -2.41. The predicted octanol–water partition coefficient (Wildman–Crippen LogP) is 2.31. The summed E-state index contributed by atoms with van der Waals surface area (Å²) in [6.45, 7) is 8.15. The Kier molecular flexibility index (Phi) is 3.15. The van der Waals surface area contributed by atoms with Crippen LogP contribution in [0.5, 0.6) is 0 Å². The number of pyridine rings is 1. The predicted molar refractivity (Wildman–Crippen MR) is 85.2 cm³/mol. The fourth-order valence-corrected chi connectivity index (χ4v) is 2.54. The molecule has 7 heteroatoms. The Morgan fingerprint density at radius 2 is 1.83 bits per heavy atom. The minimum atomic E-state index is -0.424. The van der Waals surface area contributed by atoms with Gasteiger partial charge in [0, 0.05) is 12.1 Å².